The molecule has 5 heteroatoms. The van der Waals surface area contributed by atoms with Crippen LogP contribution in [0, 0.1) is 0 Å². The SMILES string of the molecule is CCc1cccc2c1CN([C@H]1CCC(=O)NC1=O)C2=O. The Balaban J connectivity index is 1.90. The molecule has 0 spiro atoms. The smallest absolute Gasteiger partial charge is 0.255 e. The summed E-state index contributed by atoms with van der Waals surface area (Å²) in [5, 5.41) is 2.31. The Bertz CT molecular complexity index is 609. The van der Waals surface area contributed by atoms with Crippen LogP contribution in [-0.4, -0.2) is 28.7 Å². The first-order valence-electron chi connectivity index (χ1n) is 6.87. The highest BCUT2D eigenvalue weighted by molar-refractivity contribution is 6.05. The van der Waals surface area contributed by atoms with Crippen molar-refractivity contribution in [3.05, 3.63) is 34.9 Å². The van der Waals surface area contributed by atoms with Gasteiger partial charge < -0.3 is 4.90 Å². The van der Waals surface area contributed by atoms with Crippen molar-refractivity contribution in [3.8, 4) is 0 Å². The summed E-state index contributed by atoms with van der Waals surface area (Å²) in [5.74, 6) is -0.727. The van der Waals surface area contributed by atoms with Crippen LogP contribution in [0.4, 0.5) is 0 Å². The molecule has 3 rings (SSSR count). The van der Waals surface area contributed by atoms with E-state index in [1.54, 1.807) is 4.90 Å². The third kappa shape index (κ3) is 1.90. The molecule has 0 aliphatic carbocycles. The van der Waals surface area contributed by atoms with E-state index in [1.165, 1.54) is 0 Å². The first kappa shape index (κ1) is 12.8. The number of benzene rings is 1. The normalized spacial score (nSPS) is 21.9. The Hall–Kier alpha value is -2.17. The third-order valence-electron chi connectivity index (χ3n) is 4.06. The fourth-order valence-electron chi connectivity index (χ4n) is 2.98. The summed E-state index contributed by atoms with van der Waals surface area (Å²) in [7, 11) is 0. The van der Waals surface area contributed by atoms with E-state index in [4.69, 9.17) is 0 Å². The lowest BCUT2D eigenvalue weighted by Crippen LogP contribution is -2.52. The maximum atomic E-state index is 12.5. The van der Waals surface area contributed by atoms with Crippen LogP contribution in [0.5, 0.6) is 0 Å². The number of carbonyl (C=O) groups excluding carboxylic acids is 3. The summed E-state index contributed by atoms with van der Waals surface area (Å²) in [6, 6.07) is 5.17. The number of hydrogen-bond acceptors (Lipinski definition) is 3. The van der Waals surface area contributed by atoms with E-state index in [9.17, 15) is 14.4 Å². The van der Waals surface area contributed by atoms with Crippen LogP contribution in [0.2, 0.25) is 0 Å². The Kier molecular flexibility index (Phi) is 3.04. The Morgan fingerprint density at radius 2 is 2.10 bits per heavy atom. The minimum Gasteiger partial charge on any atom is -0.322 e. The van der Waals surface area contributed by atoms with Gasteiger partial charge in [-0.05, 0) is 30.0 Å². The van der Waals surface area contributed by atoms with E-state index in [0.29, 0.717) is 18.5 Å². The van der Waals surface area contributed by atoms with Gasteiger partial charge in [0, 0.05) is 18.5 Å². The van der Waals surface area contributed by atoms with Gasteiger partial charge in [-0.3, -0.25) is 19.7 Å². The number of piperidine rings is 1. The lowest BCUT2D eigenvalue weighted by molar-refractivity contribution is -0.136. The fraction of sp³-hybridized carbons (Fsp3) is 0.400. The molecule has 0 radical (unpaired) electrons. The highest BCUT2D eigenvalue weighted by atomic mass is 16.2. The molecule has 5 nitrogen and oxygen atoms in total. The topological polar surface area (TPSA) is 66.5 Å². The molecule has 104 valence electrons. The van der Waals surface area contributed by atoms with Crippen LogP contribution in [0.3, 0.4) is 0 Å². The molecule has 1 fully saturated rings. The first-order chi connectivity index (χ1) is 9.61. The van der Waals surface area contributed by atoms with Crippen molar-refractivity contribution in [1.29, 1.82) is 0 Å². The molecular weight excluding hydrogens is 256 g/mol. The number of carbonyl (C=O) groups is 3. The van der Waals surface area contributed by atoms with E-state index in [-0.39, 0.29) is 24.1 Å². The van der Waals surface area contributed by atoms with E-state index in [1.807, 2.05) is 18.2 Å². The van der Waals surface area contributed by atoms with E-state index < -0.39 is 6.04 Å². The molecule has 1 aromatic carbocycles. The maximum absolute atomic E-state index is 12.5. The molecule has 0 bridgehead atoms. The largest absolute Gasteiger partial charge is 0.322 e. The maximum Gasteiger partial charge on any atom is 0.255 e. The monoisotopic (exact) mass is 272 g/mol. The van der Waals surface area contributed by atoms with Gasteiger partial charge >= 0.3 is 0 Å². The number of amides is 3. The minimum atomic E-state index is -0.530. The van der Waals surface area contributed by atoms with Crippen LogP contribution in [0.15, 0.2) is 18.2 Å². The van der Waals surface area contributed by atoms with Gasteiger partial charge in [-0.15, -0.1) is 0 Å². The summed E-state index contributed by atoms with van der Waals surface area (Å²) in [6.45, 7) is 2.51. The molecule has 2 aliphatic rings. The van der Waals surface area contributed by atoms with Crippen molar-refractivity contribution in [2.24, 2.45) is 0 Å². The standard InChI is InChI=1S/C15H16N2O3/c1-2-9-4-3-5-10-11(9)8-17(15(10)20)12-6-7-13(18)16-14(12)19/h3-5,12H,2,6-8H2,1H3,(H,16,18,19)/t12-/m0/s1. The zero-order chi connectivity index (χ0) is 14.3. The van der Waals surface area contributed by atoms with Crippen LogP contribution >= 0.6 is 0 Å². The zero-order valence-electron chi connectivity index (χ0n) is 11.3. The molecule has 2 heterocycles. The average molecular weight is 272 g/mol. The second-order valence-electron chi connectivity index (χ2n) is 5.20. The molecule has 1 N–H and O–H groups in total. The lowest BCUT2D eigenvalue weighted by atomic mass is 10.0. The van der Waals surface area contributed by atoms with Crippen LogP contribution < -0.4 is 5.32 Å². The van der Waals surface area contributed by atoms with Gasteiger partial charge in [0.2, 0.25) is 11.8 Å². The summed E-state index contributed by atoms with van der Waals surface area (Å²) >= 11 is 0. The van der Waals surface area contributed by atoms with Gasteiger partial charge in [-0.25, -0.2) is 0 Å². The summed E-state index contributed by atoms with van der Waals surface area (Å²) in [6.07, 6.45) is 1.56. The minimum absolute atomic E-state index is 0.107. The molecule has 0 saturated carbocycles. The molecule has 20 heavy (non-hydrogen) atoms. The van der Waals surface area contributed by atoms with Crippen molar-refractivity contribution in [2.45, 2.75) is 38.8 Å². The predicted molar refractivity (Wildman–Crippen MR) is 71.9 cm³/mol. The number of nitrogens with one attached hydrogen (secondary N) is 1. The second kappa shape index (κ2) is 4.74. The quantitative estimate of drug-likeness (QED) is 0.817. The van der Waals surface area contributed by atoms with Gasteiger partial charge in [0.25, 0.3) is 5.91 Å². The number of fused-ring (bicyclic) bond motifs is 1. The summed E-state index contributed by atoms with van der Waals surface area (Å²) < 4.78 is 0. The summed E-state index contributed by atoms with van der Waals surface area (Å²) in [4.78, 5) is 37.2. The van der Waals surface area contributed by atoms with Crippen molar-refractivity contribution in [1.82, 2.24) is 10.2 Å². The first-order valence-corrected chi connectivity index (χ1v) is 6.87. The third-order valence-corrected chi connectivity index (χ3v) is 4.06. The van der Waals surface area contributed by atoms with Crippen molar-refractivity contribution < 1.29 is 14.4 Å². The van der Waals surface area contributed by atoms with Crippen molar-refractivity contribution >= 4 is 17.7 Å². The van der Waals surface area contributed by atoms with Gasteiger partial charge in [0.1, 0.15) is 6.04 Å². The number of imide groups is 1. The lowest BCUT2D eigenvalue weighted by Gasteiger charge is -2.29. The molecular formula is C15H16N2O3. The van der Waals surface area contributed by atoms with Gasteiger partial charge in [-0.1, -0.05) is 19.1 Å². The Morgan fingerprint density at radius 3 is 2.80 bits per heavy atom. The van der Waals surface area contributed by atoms with Crippen LogP contribution in [0.1, 0.15) is 41.3 Å². The zero-order valence-corrected chi connectivity index (χ0v) is 11.3. The van der Waals surface area contributed by atoms with E-state index in [0.717, 1.165) is 17.5 Å². The van der Waals surface area contributed by atoms with Gasteiger partial charge in [0.05, 0.1) is 0 Å². The summed E-state index contributed by atoms with van der Waals surface area (Å²) in [5.41, 5.74) is 2.85. The Morgan fingerprint density at radius 1 is 1.30 bits per heavy atom. The second-order valence-corrected chi connectivity index (χ2v) is 5.20. The van der Waals surface area contributed by atoms with Crippen LogP contribution in [0.25, 0.3) is 0 Å². The molecule has 1 atom stereocenters. The van der Waals surface area contributed by atoms with E-state index in [2.05, 4.69) is 12.2 Å². The number of nitrogens with zero attached hydrogens (tertiary/aromatic N) is 1. The van der Waals surface area contributed by atoms with E-state index >= 15 is 0 Å². The molecule has 3 amide bonds. The number of aryl methyl sites for hydroxylation is 1. The van der Waals surface area contributed by atoms with Crippen molar-refractivity contribution in [2.75, 3.05) is 0 Å². The molecule has 0 unspecified atom stereocenters. The van der Waals surface area contributed by atoms with Crippen molar-refractivity contribution in [3.63, 3.8) is 0 Å². The van der Waals surface area contributed by atoms with Crippen LogP contribution in [-0.2, 0) is 22.6 Å². The molecule has 1 saturated heterocycles. The molecule has 1 aromatic rings. The number of rotatable bonds is 2. The van der Waals surface area contributed by atoms with Gasteiger partial charge in [0.15, 0.2) is 0 Å². The fourth-order valence-corrected chi connectivity index (χ4v) is 2.98. The predicted octanol–water partition coefficient (Wildman–Crippen LogP) is 1.01. The highest BCUT2D eigenvalue weighted by Crippen LogP contribution is 2.29. The highest BCUT2D eigenvalue weighted by Gasteiger charge is 2.39. The average Bonchev–Trinajstić information content (AvgIpc) is 2.76. The molecule has 2 aliphatic heterocycles. The molecule has 0 aromatic heterocycles. The number of hydrogen-bond donors (Lipinski definition) is 1. The Labute approximate surface area is 116 Å². The van der Waals surface area contributed by atoms with Gasteiger partial charge in [-0.2, -0.15) is 0 Å².